The summed E-state index contributed by atoms with van der Waals surface area (Å²) < 4.78 is 55.9. The fraction of sp³-hybridized carbons (Fsp3) is 0.231. The molecule has 0 aliphatic carbocycles. The fourth-order valence-electron chi connectivity index (χ4n) is 1.79. The Balaban J connectivity index is 2.60. The monoisotopic (exact) mass is 333 g/mol. The number of aromatic hydroxyl groups is 2. The van der Waals surface area contributed by atoms with Crippen molar-refractivity contribution in [3.05, 3.63) is 29.8 Å². The van der Waals surface area contributed by atoms with Crippen molar-refractivity contribution in [1.29, 1.82) is 0 Å². The van der Waals surface area contributed by atoms with Gasteiger partial charge in [-0.3, -0.25) is 0 Å². The molecule has 120 valence electrons. The predicted molar refractivity (Wildman–Crippen MR) is 75.3 cm³/mol. The Kier molecular flexibility index (Phi) is 4.01. The number of nitrogens with zero attached hydrogens (tertiary/aromatic N) is 1. The lowest BCUT2D eigenvalue weighted by atomic mass is 10.1. The summed E-state index contributed by atoms with van der Waals surface area (Å²) in [5.74, 6) is -4.87. The Bertz CT molecular complexity index is 816. The molecule has 6 nitrogen and oxygen atoms in total. The van der Waals surface area contributed by atoms with E-state index in [1.54, 1.807) is 0 Å². The van der Waals surface area contributed by atoms with Crippen LogP contribution in [0.2, 0.25) is 0 Å². The molecular weight excluding hydrogens is 320 g/mol. The highest BCUT2D eigenvalue weighted by molar-refractivity contribution is 7.92. The molecule has 9 heteroatoms. The molecule has 2 aromatic rings. The summed E-state index contributed by atoms with van der Waals surface area (Å²) >= 11 is 0. The van der Waals surface area contributed by atoms with Gasteiger partial charge in [-0.15, -0.1) is 0 Å². The molecule has 22 heavy (non-hydrogen) atoms. The molecule has 0 amide bonds. The first kappa shape index (κ1) is 16.1. The normalized spacial score (nSPS) is 11.6. The van der Waals surface area contributed by atoms with Crippen molar-refractivity contribution in [2.75, 3.05) is 17.1 Å². The highest BCUT2D eigenvalue weighted by Gasteiger charge is 2.29. The van der Waals surface area contributed by atoms with Gasteiger partial charge in [0.2, 0.25) is 21.5 Å². The summed E-state index contributed by atoms with van der Waals surface area (Å²) in [7, 11) is -2.65. The zero-order valence-electron chi connectivity index (χ0n) is 11.7. The topological polar surface area (TPSA) is 91.0 Å². The van der Waals surface area contributed by atoms with E-state index in [1.807, 2.05) is 0 Å². The minimum absolute atomic E-state index is 0.273. The number of hydrogen-bond acceptors (Lipinski definition) is 5. The van der Waals surface area contributed by atoms with Crippen LogP contribution in [0.3, 0.4) is 0 Å². The molecule has 2 rings (SSSR count). The van der Waals surface area contributed by atoms with Crippen LogP contribution in [-0.4, -0.2) is 31.4 Å². The minimum Gasteiger partial charge on any atom is -0.502 e. The molecule has 0 aliphatic rings. The lowest BCUT2D eigenvalue weighted by Gasteiger charge is -2.14. The number of sulfonamides is 1. The van der Waals surface area contributed by atoms with E-state index in [1.165, 1.54) is 6.92 Å². The Hall–Kier alpha value is -2.29. The Morgan fingerprint density at radius 3 is 2.41 bits per heavy atom. The van der Waals surface area contributed by atoms with Gasteiger partial charge in [0, 0.05) is 13.1 Å². The van der Waals surface area contributed by atoms with Gasteiger partial charge in [0.15, 0.2) is 5.76 Å². The molecule has 0 aliphatic heterocycles. The van der Waals surface area contributed by atoms with E-state index in [0.29, 0.717) is 10.4 Å². The third kappa shape index (κ3) is 2.59. The van der Waals surface area contributed by atoms with E-state index >= 15 is 0 Å². The maximum Gasteiger partial charge on any atom is 0.256 e. The first-order valence-electron chi connectivity index (χ1n) is 6.15. The van der Waals surface area contributed by atoms with Crippen LogP contribution in [0.5, 0.6) is 11.5 Å². The summed E-state index contributed by atoms with van der Waals surface area (Å²) in [6, 6.07) is 2.50. The minimum atomic E-state index is -3.76. The quantitative estimate of drug-likeness (QED) is 0.897. The second-order valence-corrected chi connectivity index (χ2v) is 6.71. The molecule has 0 saturated heterocycles. The summed E-state index contributed by atoms with van der Waals surface area (Å²) in [4.78, 5) is 0. The largest absolute Gasteiger partial charge is 0.502 e. The van der Waals surface area contributed by atoms with Gasteiger partial charge in [0.1, 0.15) is 11.6 Å². The zero-order chi connectivity index (χ0) is 16.7. The molecule has 0 fully saturated rings. The van der Waals surface area contributed by atoms with Gasteiger partial charge in [0.25, 0.3) is 5.88 Å². The fourth-order valence-corrected chi connectivity index (χ4v) is 2.56. The average Bonchev–Trinajstić information content (AvgIpc) is 2.75. The molecule has 1 aromatic carbocycles. The first-order valence-corrected chi connectivity index (χ1v) is 7.76. The Labute approximate surface area is 125 Å². The van der Waals surface area contributed by atoms with E-state index in [0.717, 1.165) is 19.2 Å². The number of anilines is 1. The second kappa shape index (κ2) is 5.48. The van der Waals surface area contributed by atoms with Crippen molar-refractivity contribution in [2.24, 2.45) is 0 Å². The van der Waals surface area contributed by atoms with E-state index in [-0.39, 0.29) is 11.3 Å². The van der Waals surface area contributed by atoms with Crippen LogP contribution in [0.4, 0.5) is 14.7 Å². The third-order valence-corrected chi connectivity index (χ3v) is 4.81. The highest BCUT2D eigenvalue weighted by Crippen LogP contribution is 2.47. The Morgan fingerprint density at radius 1 is 1.23 bits per heavy atom. The summed E-state index contributed by atoms with van der Waals surface area (Å²) in [6.07, 6.45) is 0. The number of furan rings is 1. The predicted octanol–water partition coefficient (Wildman–Crippen LogP) is 2.42. The zero-order valence-corrected chi connectivity index (χ0v) is 12.5. The maximum atomic E-state index is 13.7. The van der Waals surface area contributed by atoms with Crippen molar-refractivity contribution in [3.8, 4) is 22.8 Å². The van der Waals surface area contributed by atoms with E-state index in [2.05, 4.69) is 0 Å². The Morgan fingerprint density at radius 2 is 1.86 bits per heavy atom. The van der Waals surface area contributed by atoms with E-state index < -0.39 is 44.8 Å². The number of hydrogen-bond donors (Lipinski definition) is 2. The standard InChI is InChI=1S/C13H13F2NO5S/c1-3-22(19,20)16(2)13-11(18)10(17)12(21-13)8-5-4-7(14)6-9(8)15/h4-6,17-18H,3H2,1-2H3. The number of halogens is 2. The van der Waals surface area contributed by atoms with Gasteiger partial charge >= 0.3 is 0 Å². The van der Waals surface area contributed by atoms with Crippen molar-refractivity contribution in [2.45, 2.75) is 6.92 Å². The van der Waals surface area contributed by atoms with Crippen molar-refractivity contribution in [3.63, 3.8) is 0 Å². The highest BCUT2D eigenvalue weighted by atomic mass is 32.2. The second-order valence-electron chi connectivity index (χ2n) is 4.43. The molecule has 0 bridgehead atoms. The number of rotatable bonds is 4. The molecule has 2 N–H and O–H groups in total. The smallest absolute Gasteiger partial charge is 0.256 e. The summed E-state index contributed by atoms with van der Waals surface area (Å²) in [6.45, 7) is 1.38. The van der Waals surface area contributed by atoms with Crippen molar-refractivity contribution >= 4 is 15.9 Å². The first-order chi connectivity index (χ1) is 10.2. The van der Waals surface area contributed by atoms with Crippen molar-refractivity contribution in [1.82, 2.24) is 0 Å². The SMILES string of the molecule is CCS(=O)(=O)N(C)c1oc(-c2ccc(F)cc2F)c(O)c1O. The molecule has 0 spiro atoms. The third-order valence-electron chi connectivity index (χ3n) is 3.08. The van der Waals surface area contributed by atoms with Crippen LogP contribution in [0.15, 0.2) is 22.6 Å². The van der Waals surface area contributed by atoms with Crippen LogP contribution < -0.4 is 4.31 Å². The van der Waals surface area contributed by atoms with Crippen molar-refractivity contribution < 1.29 is 31.8 Å². The van der Waals surface area contributed by atoms with Gasteiger partial charge < -0.3 is 14.6 Å². The maximum absolute atomic E-state index is 13.7. The van der Waals surface area contributed by atoms with Gasteiger partial charge in [-0.25, -0.2) is 21.5 Å². The van der Waals surface area contributed by atoms with Crippen LogP contribution in [0.25, 0.3) is 11.3 Å². The van der Waals surface area contributed by atoms with Gasteiger partial charge in [-0.2, -0.15) is 0 Å². The van der Waals surface area contributed by atoms with E-state index in [9.17, 15) is 27.4 Å². The lowest BCUT2D eigenvalue weighted by molar-refractivity contribution is 0.409. The molecular formula is C13H13F2NO5S. The average molecular weight is 333 g/mol. The van der Waals surface area contributed by atoms with Gasteiger partial charge in [0.05, 0.1) is 11.3 Å². The van der Waals surface area contributed by atoms with Gasteiger partial charge in [-0.05, 0) is 19.1 Å². The molecule has 1 heterocycles. The molecule has 0 unspecified atom stereocenters. The van der Waals surface area contributed by atoms with Gasteiger partial charge in [-0.1, -0.05) is 0 Å². The van der Waals surface area contributed by atoms with Crippen LogP contribution in [0, 0.1) is 11.6 Å². The van der Waals surface area contributed by atoms with Crippen LogP contribution in [0.1, 0.15) is 6.92 Å². The molecule has 1 aromatic heterocycles. The molecule has 0 saturated carbocycles. The molecule has 0 radical (unpaired) electrons. The lowest BCUT2D eigenvalue weighted by Crippen LogP contribution is -2.27. The van der Waals surface area contributed by atoms with E-state index in [4.69, 9.17) is 4.42 Å². The summed E-state index contributed by atoms with van der Waals surface area (Å²) in [5.41, 5.74) is -0.317. The molecule has 0 atom stereocenters. The van der Waals surface area contributed by atoms with Crippen LogP contribution in [-0.2, 0) is 10.0 Å². The van der Waals surface area contributed by atoms with Crippen LogP contribution >= 0.6 is 0 Å². The number of benzene rings is 1. The summed E-state index contributed by atoms with van der Waals surface area (Å²) in [5, 5.41) is 19.6.